The van der Waals surface area contributed by atoms with Gasteiger partial charge in [0.05, 0.1) is 99.9 Å². The van der Waals surface area contributed by atoms with E-state index < -0.39 is 17.5 Å². The van der Waals surface area contributed by atoms with Crippen LogP contribution < -0.4 is 19.5 Å². The normalized spacial score (nSPS) is 11.1. The van der Waals surface area contributed by atoms with E-state index in [0.29, 0.717) is 103 Å². The van der Waals surface area contributed by atoms with Gasteiger partial charge in [-0.25, -0.2) is 0 Å². The largest absolute Gasteiger partial charge is 0.504 e. The number of allylic oxidation sites excluding steroid dienone is 2. The van der Waals surface area contributed by atoms with Gasteiger partial charge in [-0.05, 0) is 59.5 Å². The first kappa shape index (κ1) is 48.8. The summed E-state index contributed by atoms with van der Waals surface area (Å²) >= 11 is 0. The number of amides is 1. The van der Waals surface area contributed by atoms with Crippen molar-refractivity contribution in [2.75, 3.05) is 107 Å². The van der Waals surface area contributed by atoms with Gasteiger partial charge in [0.1, 0.15) is 0 Å². The molecule has 0 aliphatic carbocycles. The van der Waals surface area contributed by atoms with Crippen LogP contribution in [-0.4, -0.2) is 135 Å². The van der Waals surface area contributed by atoms with Crippen molar-refractivity contribution in [3.05, 3.63) is 70.1 Å². The average molecular weight is 815 g/mol. The van der Waals surface area contributed by atoms with Crippen molar-refractivity contribution in [2.45, 2.75) is 25.7 Å². The summed E-state index contributed by atoms with van der Waals surface area (Å²) in [5.74, 6) is -0.869. The van der Waals surface area contributed by atoms with Gasteiger partial charge in [-0.15, -0.1) is 0 Å². The average Bonchev–Trinajstić information content (AvgIpc) is 3.21. The van der Waals surface area contributed by atoms with Crippen molar-refractivity contribution in [1.29, 1.82) is 0 Å². The number of methoxy groups -OCH3 is 2. The number of rotatable bonds is 34. The van der Waals surface area contributed by atoms with Gasteiger partial charge in [0.2, 0.25) is 5.91 Å². The lowest BCUT2D eigenvalue weighted by atomic mass is 10.1. The Kier molecular flexibility index (Phi) is 26.7. The van der Waals surface area contributed by atoms with Crippen molar-refractivity contribution in [1.82, 2.24) is 5.32 Å². The molecule has 18 heteroatoms. The quantitative estimate of drug-likeness (QED) is 0.0147. The standard InChI is InChI=1S/C40H54N4O14/c1-50-37-28-31(8-12-35(37)47)6-10-33(45)30-34(46)11-7-32-9-13-36(38(29-32)51-2)58-40(49)5-3-4-39(48)42-14-16-52-18-20-54-22-24-56-26-27-57-25-23-55-21-19-53-17-15-43-44-41/h6-13,28-29,47H,3-5,14-27,30H2,1-2H3,(H,42,48)/b10-6-,11-7-. The van der Waals surface area contributed by atoms with Crippen LogP contribution in [0.15, 0.2) is 53.7 Å². The van der Waals surface area contributed by atoms with E-state index in [-0.39, 0.29) is 54.6 Å². The number of nitrogens with zero attached hydrogens (tertiary/aromatic N) is 3. The Morgan fingerprint density at radius 3 is 1.71 bits per heavy atom. The van der Waals surface area contributed by atoms with E-state index in [1.165, 1.54) is 50.7 Å². The Balaban J connectivity index is 1.48. The fourth-order valence-electron chi connectivity index (χ4n) is 4.61. The van der Waals surface area contributed by atoms with E-state index in [4.69, 9.17) is 48.2 Å². The van der Waals surface area contributed by atoms with Crippen molar-refractivity contribution < 1.29 is 66.9 Å². The van der Waals surface area contributed by atoms with Crippen LogP contribution in [0.3, 0.4) is 0 Å². The molecule has 0 fully saturated rings. The number of ether oxygens (including phenoxy) is 9. The highest BCUT2D eigenvalue weighted by atomic mass is 16.6. The number of hydrogen-bond acceptors (Lipinski definition) is 15. The number of phenolic OH excluding ortho intramolecular Hbond substituents is 1. The molecule has 0 saturated heterocycles. The summed E-state index contributed by atoms with van der Waals surface area (Å²) in [5, 5.41) is 15.8. The number of carbonyl (C=O) groups is 4. The highest BCUT2D eigenvalue weighted by molar-refractivity contribution is 6.10. The molecular formula is C40H54N4O14. The van der Waals surface area contributed by atoms with Gasteiger partial charge < -0.3 is 53.1 Å². The number of phenols is 1. The molecule has 0 aromatic heterocycles. The maximum absolute atomic E-state index is 12.4. The van der Waals surface area contributed by atoms with Crippen LogP contribution in [0.1, 0.15) is 36.8 Å². The topological polar surface area (TPSA) is 232 Å². The summed E-state index contributed by atoms with van der Waals surface area (Å²) < 4.78 is 48.1. The first-order valence-electron chi connectivity index (χ1n) is 18.7. The predicted octanol–water partition coefficient (Wildman–Crippen LogP) is 4.27. The second-order valence-electron chi connectivity index (χ2n) is 11.9. The van der Waals surface area contributed by atoms with Crippen molar-refractivity contribution in [2.24, 2.45) is 5.11 Å². The summed E-state index contributed by atoms with van der Waals surface area (Å²) in [6, 6.07) is 9.36. The molecule has 0 heterocycles. The van der Waals surface area contributed by atoms with Crippen molar-refractivity contribution in [3.8, 4) is 23.0 Å². The van der Waals surface area contributed by atoms with Gasteiger partial charge in [0, 0.05) is 30.8 Å². The molecule has 58 heavy (non-hydrogen) atoms. The number of carbonyl (C=O) groups excluding carboxylic acids is 4. The maximum atomic E-state index is 12.4. The molecule has 0 unspecified atom stereocenters. The molecule has 1 amide bonds. The molecule has 0 atom stereocenters. The molecule has 0 saturated carbocycles. The third-order valence-corrected chi connectivity index (χ3v) is 7.50. The number of nitrogens with one attached hydrogen (secondary N) is 1. The zero-order chi connectivity index (χ0) is 42.1. The Hall–Kier alpha value is -5.33. The monoisotopic (exact) mass is 814 g/mol. The van der Waals surface area contributed by atoms with Crippen LogP contribution in [0.2, 0.25) is 0 Å². The molecule has 2 rings (SSSR count). The van der Waals surface area contributed by atoms with E-state index in [0.717, 1.165) is 0 Å². The summed E-state index contributed by atoms with van der Waals surface area (Å²) in [7, 11) is 2.83. The smallest absolute Gasteiger partial charge is 0.311 e. The number of azide groups is 1. The number of aromatic hydroxyl groups is 1. The Morgan fingerprint density at radius 2 is 1.17 bits per heavy atom. The zero-order valence-electron chi connectivity index (χ0n) is 33.1. The van der Waals surface area contributed by atoms with E-state index in [2.05, 4.69) is 15.3 Å². The Morgan fingerprint density at radius 1 is 0.672 bits per heavy atom. The van der Waals surface area contributed by atoms with Crippen LogP contribution in [0.4, 0.5) is 0 Å². The number of benzene rings is 2. The van der Waals surface area contributed by atoms with Crippen LogP contribution in [0, 0.1) is 0 Å². The van der Waals surface area contributed by atoms with Crippen molar-refractivity contribution >= 4 is 35.6 Å². The van der Waals surface area contributed by atoms with Crippen LogP contribution in [0.25, 0.3) is 22.6 Å². The van der Waals surface area contributed by atoms with E-state index in [1.807, 2.05) is 0 Å². The lowest BCUT2D eigenvalue weighted by Gasteiger charge is -2.10. The molecule has 18 nitrogen and oxygen atoms in total. The van der Waals surface area contributed by atoms with Gasteiger partial charge in [0.25, 0.3) is 0 Å². The second kappa shape index (κ2) is 31.7. The minimum atomic E-state index is -0.537. The third kappa shape index (κ3) is 23.7. The first-order chi connectivity index (χ1) is 28.2. The minimum absolute atomic E-state index is 0.00905. The van der Waals surface area contributed by atoms with Gasteiger partial charge in [0.15, 0.2) is 34.6 Å². The highest BCUT2D eigenvalue weighted by Crippen LogP contribution is 2.29. The second-order valence-corrected chi connectivity index (χ2v) is 11.9. The number of ketones is 2. The lowest BCUT2D eigenvalue weighted by molar-refractivity contribution is -0.134. The predicted molar refractivity (Wildman–Crippen MR) is 212 cm³/mol. The molecule has 2 aromatic carbocycles. The summed E-state index contributed by atoms with van der Waals surface area (Å²) in [5.41, 5.74) is 9.37. The Labute approximate surface area is 337 Å². The van der Waals surface area contributed by atoms with Gasteiger partial charge in [-0.2, -0.15) is 0 Å². The van der Waals surface area contributed by atoms with E-state index >= 15 is 0 Å². The zero-order valence-corrected chi connectivity index (χ0v) is 33.1. The molecule has 0 bridgehead atoms. The summed E-state index contributed by atoms with van der Waals surface area (Å²) in [4.78, 5) is 51.8. The third-order valence-electron chi connectivity index (χ3n) is 7.50. The van der Waals surface area contributed by atoms with Gasteiger partial charge in [-0.3, -0.25) is 19.2 Å². The van der Waals surface area contributed by atoms with Crippen LogP contribution >= 0.6 is 0 Å². The number of hydrogen-bond donors (Lipinski definition) is 2. The maximum Gasteiger partial charge on any atom is 0.311 e. The van der Waals surface area contributed by atoms with E-state index in [9.17, 15) is 24.3 Å². The summed E-state index contributed by atoms with van der Waals surface area (Å²) in [6.45, 7) is 5.51. The fraction of sp³-hybridized carbons (Fsp3) is 0.500. The van der Waals surface area contributed by atoms with Gasteiger partial charge in [-0.1, -0.05) is 29.4 Å². The van der Waals surface area contributed by atoms with Gasteiger partial charge >= 0.3 is 5.97 Å². The first-order valence-corrected chi connectivity index (χ1v) is 18.7. The summed E-state index contributed by atoms with van der Waals surface area (Å²) in [6.07, 6.45) is 5.69. The number of esters is 1. The highest BCUT2D eigenvalue weighted by Gasteiger charge is 2.12. The molecule has 2 aromatic rings. The molecule has 318 valence electrons. The van der Waals surface area contributed by atoms with Crippen molar-refractivity contribution in [3.63, 3.8) is 0 Å². The molecule has 0 spiro atoms. The minimum Gasteiger partial charge on any atom is -0.504 e. The van der Waals surface area contributed by atoms with Crippen LogP contribution in [-0.2, 0) is 47.6 Å². The molecular weight excluding hydrogens is 760 g/mol. The van der Waals surface area contributed by atoms with Crippen LogP contribution in [0.5, 0.6) is 23.0 Å². The van der Waals surface area contributed by atoms with E-state index in [1.54, 1.807) is 24.3 Å². The SMILES string of the molecule is COc1cc(/C=C\C(=O)CC(=O)/C=C\c2ccc(OC(=O)CCCC(=O)NCCOCCOCCOCCOCCOCCOCCN=[N+]=[N-])c(OC)c2)ccc1O. The lowest BCUT2D eigenvalue weighted by Crippen LogP contribution is -2.27. The molecule has 0 aliphatic heterocycles. The molecule has 0 radical (unpaired) electrons. The molecule has 0 aliphatic rings. The fourth-order valence-corrected chi connectivity index (χ4v) is 4.61. The Bertz CT molecular complexity index is 1650. The molecule has 2 N–H and O–H groups in total.